The third-order valence-corrected chi connectivity index (χ3v) is 5.96. The molecule has 158 valence electrons. The Morgan fingerprint density at radius 1 is 1.24 bits per heavy atom. The fourth-order valence-electron chi connectivity index (χ4n) is 4.17. The summed E-state index contributed by atoms with van der Waals surface area (Å²) in [5.41, 5.74) is 3.00. The molecule has 29 heavy (non-hydrogen) atoms. The number of likely N-dealkylation sites (tertiary alicyclic amines) is 1. The molecule has 6 heteroatoms. The van der Waals surface area contributed by atoms with Crippen LogP contribution < -0.4 is 4.74 Å². The summed E-state index contributed by atoms with van der Waals surface area (Å²) in [7, 11) is 1.67. The number of aromatic nitrogens is 2. The van der Waals surface area contributed by atoms with E-state index in [9.17, 15) is 4.79 Å². The van der Waals surface area contributed by atoms with Gasteiger partial charge in [0.15, 0.2) is 0 Å². The van der Waals surface area contributed by atoms with E-state index in [4.69, 9.17) is 9.47 Å². The SMILES string of the molecule is CCOC(=O)C1(Cc2cccc(OC)c2)CCN(Cc2cn(CC)nc2C)CC1. The van der Waals surface area contributed by atoms with E-state index in [1.807, 2.05) is 29.8 Å². The second-order valence-corrected chi connectivity index (χ2v) is 7.90. The van der Waals surface area contributed by atoms with Crippen LogP contribution in [0.25, 0.3) is 0 Å². The summed E-state index contributed by atoms with van der Waals surface area (Å²) in [5, 5.41) is 4.55. The molecule has 1 aromatic carbocycles. The standard InChI is InChI=1S/C23H33N3O3/c1-5-26-17-20(18(3)24-26)16-25-12-10-23(11-13-25,22(27)29-6-2)15-19-8-7-9-21(14-19)28-4/h7-9,14,17H,5-6,10-13,15-16H2,1-4H3. The van der Waals surface area contributed by atoms with Gasteiger partial charge in [0.05, 0.1) is 24.8 Å². The van der Waals surface area contributed by atoms with Crippen LogP contribution in [0.5, 0.6) is 5.75 Å². The minimum absolute atomic E-state index is 0.0718. The van der Waals surface area contributed by atoms with Gasteiger partial charge in [-0.05, 0) is 70.8 Å². The van der Waals surface area contributed by atoms with Crippen molar-refractivity contribution < 1.29 is 14.3 Å². The maximum Gasteiger partial charge on any atom is 0.312 e. The predicted octanol–water partition coefficient (Wildman–Crippen LogP) is 3.61. The first-order valence-corrected chi connectivity index (χ1v) is 10.5. The molecule has 1 aromatic heterocycles. The van der Waals surface area contributed by atoms with Crippen molar-refractivity contribution in [3.8, 4) is 5.75 Å². The highest BCUT2D eigenvalue weighted by Crippen LogP contribution is 2.37. The number of carbonyl (C=O) groups excluding carboxylic acids is 1. The van der Waals surface area contributed by atoms with Gasteiger partial charge >= 0.3 is 5.97 Å². The molecule has 3 rings (SSSR count). The summed E-state index contributed by atoms with van der Waals surface area (Å²) in [6, 6.07) is 8.01. The first-order valence-electron chi connectivity index (χ1n) is 10.5. The fourth-order valence-corrected chi connectivity index (χ4v) is 4.17. The number of carbonyl (C=O) groups is 1. The average molecular weight is 400 g/mol. The summed E-state index contributed by atoms with van der Waals surface area (Å²) < 4.78 is 12.8. The number of ether oxygens (including phenoxy) is 2. The number of hydrogen-bond donors (Lipinski definition) is 0. The van der Waals surface area contributed by atoms with Gasteiger partial charge in [-0.2, -0.15) is 5.10 Å². The van der Waals surface area contributed by atoms with E-state index in [1.165, 1.54) is 5.56 Å². The van der Waals surface area contributed by atoms with E-state index >= 15 is 0 Å². The molecule has 1 fully saturated rings. The van der Waals surface area contributed by atoms with Crippen LogP contribution in [0.2, 0.25) is 0 Å². The van der Waals surface area contributed by atoms with Crippen molar-refractivity contribution in [2.24, 2.45) is 5.41 Å². The highest BCUT2D eigenvalue weighted by atomic mass is 16.5. The number of hydrogen-bond acceptors (Lipinski definition) is 5. The molecule has 0 bridgehead atoms. The van der Waals surface area contributed by atoms with Crippen molar-refractivity contribution in [1.82, 2.24) is 14.7 Å². The minimum atomic E-state index is -0.471. The number of aryl methyl sites for hydroxylation is 2. The second-order valence-electron chi connectivity index (χ2n) is 7.90. The molecule has 0 spiro atoms. The zero-order chi connectivity index (χ0) is 20.9. The van der Waals surface area contributed by atoms with Gasteiger partial charge in [-0.3, -0.25) is 14.4 Å². The largest absolute Gasteiger partial charge is 0.497 e. The van der Waals surface area contributed by atoms with Gasteiger partial charge in [0.1, 0.15) is 5.75 Å². The van der Waals surface area contributed by atoms with Crippen LogP contribution in [0, 0.1) is 12.3 Å². The monoisotopic (exact) mass is 399 g/mol. The quantitative estimate of drug-likeness (QED) is 0.635. The van der Waals surface area contributed by atoms with E-state index in [0.29, 0.717) is 13.0 Å². The Hall–Kier alpha value is -2.34. The highest BCUT2D eigenvalue weighted by molar-refractivity contribution is 5.77. The number of esters is 1. The molecule has 0 saturated carbocycles. The third kappa shape index (κ3) is 4.99. The van der Waals surface area contributed by atoms with Crippen molar-refractivity contribution >= 4 is 5.97 Å². The molecule has 1 aliphatic heterocycles. The van der Waals surface area contributed by atoms with E-state index in [-0.39, 0.29) is 5.97 Å². The lowest BCUT2D eigenvalue weighted by Crippen LogP contribution is -2.46. The second kappa shape index (κ2) is 9.44. The molecule has 0 unspecified atom stereocenters. The topological polar surface area (TPSA) is 56.6 Å². The molecular formula is C23H33N3O3. The molecule has 0 aliphatic carbocycles. The van der Waals surface area contributed by atoms with Crippen molar-refractivity contribution in [2.75, 3.05) is 26.8 Å². The van der Waals surface area contributed by atoms with Gasteiger partial charge in [-0.25, -0.2) is 0 Å². The minimum Gasteiger partial charge on any atom is -0.497 e. The Morgan fingerprint density at radius 3 is 2.62 bits per heavy atom. The molecule has 0 N–H and O–H groups in total. The van der Waals surface area contributed by atoms with Crippen molar-refractivity contribution in [3.63, 3.8) is 0 Å². The van der Waals surface area contributed by atoms with Crippen molar-refractivity contribution in [3.05, 3.63) is 47.3 Å². The lowest BCUT2D eigenvalue weighted by Gasteiger charge is -2.40. The average Bonchev–Trinajstić information content (AvgIpc) is 3.09. The van der Waals surface area contributed by atoms with Crippen molar-refractivity contribution in [2.45, 2.75) is 53.1 Å². The Bertz CT molecular complexity index is 823. The van der Waals surface area contributed by atoms with Crippen LogP contribution in [0.4, 0.5) is 0 Å². The lowest BCUT2D eigenvalue weighted by molar-refractivity contribution is -0.158. The highest BCUT2D eigenvalue weighted by Gasteiger charge is 2.42. The van der Waals surface area contributed by atoms with Gasteiger partial charge in [0, 0.05) is 24.8 Å². The zero-order valence-corrected chi connectivity index (χ0v) is 18.1. The summed E-state index contributed by atoms with van der Waals surface area (Å²) >= 11 is 0. The van der Waals surface area contributed by atoms with Crippen LogP contribution in [0.3, 0.4) is 0 Å². The molecular weight excluding hydrogens is 366 g/mol. The third-order valence-electron chi connectivity index (χ3n) is 5.96. The molecule has 2 aromatic rings. The number of benzene rings is 1. The maximum absolute atomic E-state index is 13.0. The molecule has 1 aliphatic rings. The number of methoxy groups -OCH3 is 1. The summed E-state index contributed by atoms with van der Waals surface area (Å²) in [6.07, 6.45) is 4.41. The fraction of sp³-hybridized carbons (Fsp3) is 0.565. The van der Waals surface area contributed by atoms with E-state index in [0.717, 1.165) is 56.0 Å². The predicted molar refractivity (Wildman–Crippen MR) is 113 cm³/mol. The maximum atomic E-state index is 13.0. The van der Waals surface area contributed by atoms with E-state index in [1.54, 1.807) is 7.11 Å². The van der Waals surface area contributed by atoms with Crippen LogP contribution in [-0.4, -0.2) is 47.5 Å². The van der Waals surface area contributed by atoms with Crippen LogP contribution in [0.15, 0.2) is 30.5 Å². The molecule has 6 nitrogen and oxygen atoms in total. The Labute approximate surface area is 173 Å². The number of nitrogens with zero attached hydrogens (tertiary/aromatic N) is 3. The van der Waals surface area contributed by atoms with Crippen LogP contribution in [-0.2, 0) is 29.0 Å². The molecule has 2 heterocycles. The van der Waals surface area contributed by atoms with Crippen LogP contribution >= 0.6 is 0 Å². The molecule has 1 saturated heterocycles. The smallest absolute Gasteiger partial charge is 0.312 e. The lowest BCUT2D eigenvalue weighted by atomic mass is 9.73. The van der Waals surface area contributed by atoms with Crippen molar-refractivity contribution in [1.29, 1.82) is 0 Å². The molecule has 0 atom stereocenters. The first kappa shape index (κ1) is 21.4. The number of rotatable bonds is 8. The van der Waals surface area contributed by atoms with Gasteiger partial charge in [-0.15, -0.1) is 0 Å². The Morgan fingerprint density at radius 2 is 2.00 bits per heavy atom. The first-order chi connectivity index (χ1) is 14.0. The van der Waals surface area contributed by atoms with E-state index < -0.39 is 5.41 Å². The van der Waals surface area contributed by atoms with Gasteiger partial charge in [-0.1, -0.05) is 12.1 Å². The number of piperidine rings is 1. The molecule has 0 radical (unpaired) electrons. The molecule has 0 amide bonds. The summed E-state index contributed by atoms with van der Waals surface area (Å²) in [5.74, 6) is 0.750. The van der Waals surface area contributed by atoms with Crippen LogP contribution in [0.1, 0.15) is 43.5 Å². The van der Waals surface area contributed by atoms with Gasteiger partial charge in [0.25, 0.3) is 0 Å². The van der Waals surface area contributed by atoms with Gasteiger partial charge < -0.3 is 9.47 Å². The Balaban J connectivity index is 1.72. The Kier molecular flexibility index (Phi) is 6.96. The van der Waals surface area contributed by atoms with Gasteiger partial charge in [0.2, 0.25) is 0 Å². The zero-order valence-electron chi connectivity index (χ0n) is 18.1. The summed E-state index contributed by atoms with van der Waals surface area (Å²) in [4.78, 5) is 15.4. The van der Waals surface area contributed by atoms with E-state index in [2.05, 4.69) is 36.1 Å². The normalized spacial score (nSPS) is 16.6. The summed E-state index contributed by atoms with van der Waals surface area (Å²) in [6.45, 7) is 9.97.